The Balaban J connectivity index is 4.79. The predicted molar refractivity (Wildman–Crippen MR) is 74.9 cm³/mol. The van der Waals surface area contributed by atoms with Crippen molar-refractivity contribution in [2.24, 2.45) is 5.92 Å². The van der Waals surface area contributed by atoms with Crippen LogP contribution < -0.4 is 0 Å². The summed E-state index contributed by atoms with van der Waals surface area (Å²) >= 11 is 2.39. The summed E-state index contributed by atoms with van der Waals surface area (Å²) in [4.78, 5) is 0. The Morgan fingerprint density at radius 1 is 1.00 bits per heavy atom. The maximum atomic E-state index is 3.81. The summed E-state index contributed by atoms with van der Waals surface area (Å²) in [6, 6.07) is 0. The van der Waals surface area contributed by atoms with Crippen molar-refractivity contribution >= 4 is 22.6 Å². The van der Waals surface area contributed by atoms with Gasteiger partial charge in [0.2, 0.25) is 0 Å². The number of hydrogen-bond donors (Lipinski definition) is 0. The second-order valence-corrected chi connectivity index (χ2v) is 5.38. The van der Waals surface area contributed by atoms with Crippen LogP contribution in [0.2, 0.25) is 0 Å². The predicted octanol–water partition coefficient (Wildman–Crippen LogP) is 4.69. The fraction of sp³-hybridized carbons (Fsp3) is 0.385. The molecule has 1 unspecified atom stereocenters. The van der Waals surface area contributed by atoms with E-state index in [9.17, 15) is 0 Å². The minimum Gasteiger partial charge on any atom is -0.0988 e. The summed E-state index contributed by atoms with van der Waals surface area (Å²) < 4.78 is 0.500. The van der Waals surface area contributed by atoms with Gasteiger partial charge in [0.15, 0.2) is 0 Å². The van der Waals surface area contributed by atoms with E-state index in [-0.39, 0.29) is 0 Å². The van der Waals surface area contributed by atoms with Gasteiger partial charge in [-0.25, -0.2) is 0 Å². The second-order valence-electron chi connectivity index (χ2n) is 3.51. The minimum atomic E-state index is 0.500. The highest BCUT2D eigenvalue weighted by molar-refractivity contribution is 14.1. The van der Waals surface area contributed by atoms with Gasteiger partial charge in [0, 0.05) is 3.92 Å². The van der Waals surface area contributed by atoms with E-state index in [0.29, 0.717) is 9.84 Å². The van der Waals surface area contributed by atoms with E-state index in [0.717, 1.165) is 0 Å². The van der Waals surface area contributed by atoms with Crippen molar-refractivity contribution < 1.29 is 0 Å². The molecule has 0 rings (SSSR count). The molecule has 1 heteroatoms. The van der Waals surface area contributed by atoms with Crippen molar-refractivity contribution in [3.63, 3.8) is 0 Å². The van der Waals surface area contributed by atoms with Gasteiger partial charge in [-0.1, -0.05) is 73.9 Å². The molecule has 0 aromatic heterocycles. The topological polar surface area (TPSA) is 0 Å². The average Bonchev–Trinajstić information content (AvgIpc) is 2.11. The Kier molecular flexibility index (Phi) is 6.89. The van der Waals surface area contributed by atoms with Crippen LogP contribution in [-0.2, 0) is 0 Å². The zero-order valence-corrected chi connectivity index (χ0v) is 11.4. The molecule has 0 fully saturated rings. The first-order valence-corrected chi connectivity index (χ1v) is 6.08. The van der Waals surface area contributed by atoms with Crippen LogP contribution >= 0.6 is 22.6 Å². The van der Waals surface area contributed by atoms with E-state index in [1.807, 2.05) is 12.2 Å². The molecule has 0 heterocycles. The molecule has 0 aliphatic rings. The van der Waals surface area contributed by atoms with Gasteiger partial charge in [-0.05, 0) is 24.0 Å². The maximum absolute atomic E-state index is 3.81. The monoisotopic (exact) mass is 302 g/mol. The second kappa shape index (κ2) is 7.04. The lowest BCUT2D eigenvalue weighted by atomic mass is 10.0. The molecule has 0 aromatic carbocycles. The van der Waals surface area contributed by atoms with Crippen molar-refractivity contribution in [2.75, 3.05) is 0 Å². The van der Waals surface area contributed by atoms with Gasteiger partial charge in [-0.15, -0.1) is 0 Å². The molecule has 14 heavy (non-hydrogen) atoms. The Bertz CT molecular complexity index is 226. The van der Waals surface area contributed by atoms with E-state index in [2.05, 4.69) is 68.7 Å². The minimum absolute atomic E-state index is 0.500. The Labute approximate surface area is 102 Å². The molecule has 0 N–H and O–H groups in total. The SMILES string of the molecule is C=C/C(=C\C=C(/C=C)C(C)I)C(C)C. The fourth-order valence-electron chi connectivity index (χ4n) is 1.05. The molecular weight excluding hydrogens is 283 g/mol. The molecule has 1 atom stereocenters. The van der Waals surface area contributed by atoms with Gasteiger partial charge >= 0.3 is 0 Å². The zero-order valence-electron chi connectivity index (χ0n) is 9.26. The lowest BCUT2D eigenvalue weighted by Crippen LogP contribution is -1.93. The fourth-order valence-corrected chi connectivity index (χ4v) is 1.51. The van der Waals surface area contributed by atoms with Gasteiger partial charge in [0.25, 0.3) is 0 Å². The smallest absolute Gasteiger partial charge is 0.0331 e. The summed E-state index contributed by atoms with van der Waals surface area (Å²) in [6.07, 6.45) is 8.08. The van der Waals surface area contributed by atoms with Gasteiger partial charge in [-0.3, -0.25) is 0 Å². The van der Waals surface area contributed by atoms with Crippen LogP contribution in [0.1, 0.15) is 20.8 Å². The van der Waals surface area contributed by atoms with Crippen molar-refractivity contribution in [3.05, 3.63) is 48.6 Å². The first-order chi connectivity index (χ1) is 6.52. The van der Waals surface area contributed by atoms with Crippen molar-refractivity contribution in [1.82, 2.24) is 0 Å². The van der Waals surface area contributed by atoms with Crippen molar-refractivity contribution in [3.8, 4) is 0 Å². The molecule has 0 radical (unpaired) electrons. The van der Waals surface area contributed by atoms with Crippen LogP contribution in [0.4, 0.5) is 0 Å². The van der Waals surface area contributed by atoms with E-state index >= 15 is 0 Å². The molecule has 0 aliphatic carbocycles. The molecule has 0 bridgehead atoms. The molecular formula is C13H19I. The van der Waals surface area contributed by atoms with E-state index < -0.39 is 0 Å². The van der Waals surface area contributed by atoms with Crippen LogP contribution in [0.5, 0.6) is 0 Å². The van der Waals surface area contributed by atoms with E-state index in [1.54, 1.807) is 0 Å². The standard InChI is InChI=1S/C13H19I/c1-6-12(10(3)4)8-9-13(7-2)11(5)14/h6-11H,1-2H2,3-5H3/b12-8+,13-9+. The summed E-state index contributed by atoms with van der Waals surface area (Å²) in [5.74, 6) is 0.527. The maximum Gasteiger partial charge on any atom is 0.0331 e. The molecule has 0 saturated carbocycles. The quantitative estimate of drug-likeness (QED) is 0.392. The molecule has 0 amide bonds. The number of alkyl halides is 1. The largest absolute Gasteiger partial charge is 0.0988 e. The average molecular weight is 302 g/mol. The number of halogens is 1. The van der Waals surface area contributed by atoms with Gasteiger partial charge in [0.1, 0.15) is 0 Å². The van der Waals surface area contributed by atoms with Gasteiger partial charge < -0.3 is 0 Å². The third-order valence-corrected chi connectivity index (χ3v) is 2.78. The van der Waals surface area contributed by atoms with Crippen LogP contribution in [-0.4, -0.2) is 3.92 Å². The third kappa shape index (κ3) is 4.80. The highest BCUT2D eigenvalue weighted by atomic mass is 127. The highest BCUT2D eigenvalue weighted by Gasteiger charge is 2.00. The van der Waals surface area contributed by atoms with Crippen molar-refractivity contribution in [2.45, 2.75) is 24.7 Å². The molecule has 0 aromatic rings. The van der Waals surface area contributed by atoms with Crippen LogP contribution in [0.25, 0.3) is 0 Å². The van der Waals surface area contributed by atoms with Crippen LogP contribution in [0, 0.1) is 5.92 Å². The number of allylic oxidation sites excluding steroid dienone is 6. The number of rotatable bonds is 5. The van der Waals surface area contributed by atoms with E-state index in [1.165, 1.54) is 11.1 Å². The Morgan fingerprint density at radius 2 is 1.43 bits per heavy atom. The third-order valence-electron chi connectivity index (χ3n) is 2.07. The summed E-state index contributed by atoms with van der Waals surface area (Å²) in [7, 11) is 0. The van der Waals surface area contributed by atoms with Gasteiger partial charge in [-0.2, -0.15) is 0 Å². The van der Waals surface area contributed by atoms with Crippen molar-refractivity contribution in [1.29, 1.82) is 0 Å². The van der Waals surface area contributed by atoms with Gasteiger partial charge in [0.05, 0.1) is 0 Å². The Hall–Kier alpha value is -0.310. The summed E-state index contributed by atoms with van der Waals surface area (Å²) in [5.41, 5.74) is 2.52. The first kappa shape index (κ1) is 13.7. The highest BCUT2D eigenvalue weighted by Crippen LogP contribution is 2.15. The lowest BCUT2D eigenvalue weighted by Gasteiger charge is -2.06. The summed E-state index contributed by atoms with van der Waals surface area (Å²) in [5, 5.41) is 0. The normalized spacial score (nSPS) is 15.5. The lowest BCUT2D eigenvalue weighted by molar-refractivity contribution is 0.792. The van der Waals surface area contributed by atoms with Crippen LogP contribution in [0.15, 0.2) is 48.6 Å². The number of hydrogen-bond acceptors (Lipinski definition) is 0. The first-order valence-electron chi connectivity index (χ1n) is 4.83. The molecule has 0 aliphatic heterocycles. The van der Waals surface area contributed by atoms with Crippen LogP contribution in [0.3, 0.4) is 0 Å². The molecule has 0 nitrogen and oxygen atoms in total. The molecule has 0 spiro atoms. The Morgan fingerprint density at radius 3 is 1.71 bits per heavy atom. The van der Waals surface area contributed by atoms with E-state index in [4.69, 9.17) is 0 Å². The molecule has 78 valence electrons. The summed E-state index contributed by atoms with van der Waals surface area (Å²) in [6.45, 7) is 14.1. The molecule has 0 saturated heterocycles. The zero-order chi connectivity index (χ0) is 11.1.